The van der Waals surface area contributed by atoms with Crippen molar-refractivity contribution in [3.05, 3.63) is 88.1 Å². The van der Waals surface area contributed by atoms with Crippen LogP contribution in [0.2, 0.25) is 0 Å². The van der Waals surface area contributed by atoms with Gasteiger partial charge in [0.15, 0.2) is 0 Å². The van der Waals surface area contributed by atoms with Gasteiger partial charge in [-0.25, -0.2) is 0 Å². The van der Waals surface area contributed by atoms with Crippen molar-refractivity contribution >= 4 is 28.5 Å². The van der Waals surface area contributed by atoms with E-state index in [0.717, 1.165) is 57.5 Å². The highest BCUT2D eigenvalue weighted by Gasteiger charge is 2.78. The number of aliphatic hydroxyl groups excluding tert-OH is 2. The summed E-state index contributed by atoms with van der Waals surface area (Å²) in [6.45, 7) is 5.91. The molecule has 5 aliphatic heterocycles. The molecule has 0 radical (unpaired) electrons. The van der Waals surface area contributed by atoms with Crippen LogP contribution in [-0.4, -0.2) is 109 Å². The van der Waals surface area contributed by atoms with Gasteiger partial charge in [-0.3, -0.25) is 19.4 Å². The summed E-state index contributed by atoms with van der Waals surface area (Å²) in [5.41, 5.74) is 6.16. The lowest BCUT2D eigenvalue weighted by molar-refractivity contribution is -0.169. The van der Waals surface area contributed by atoms with E-state index in [9.17, 15) is 19.8 Å². The number of H-pyrrole nitrogens is 1. The number of allylic oxidation sites excluding steroid dienone is 2. The van der Waals surface area contributed by atoms with E-state index in [1.165, 1.54) is 19.8 Å². The number of nitrogens with one attached hydrogen (secondary N) is 1. The molecule has 6 bridgehead atoms. The molecule has 1 aromatic heterocycles. The third kappa shape index (κ3) is 4.08. The number of nitrogens with zero attached hydrogens (tertiary/aromatic N) is 3. The van der Waals surface area contributed by atoms with Crippen LogP contribution in [0.1, 0.15) is 61.4 Å². The van der Waals surface area contributed by atoms with Crippen molar-refractivity contribution in [3.63, 3.8) is 0 Å². The lowest BCUT2D eigenvalue weighted by Gasteiger charge is -2.56. The second kappa shape index (κ2) is 12.0. The van der Waals surface area contributed by atoms with E-state index in [1.807, 2.05) is 27.0 Å². The van der Waals surface area contributed by atoms with Gasteiger partial charge in [0.25, 0.3) is 0 Å². The van der Waals surface area contributed by atoms with Gasteiger partial charge >= 0.3 is 11.9 Å². The Balaban J connectivity index is 1.30. The molecule has 5 fully saturated rings. The van der Waals surface area contributed by atoms with Gasteiger partial charge in [0.2, 0.25) is 0 Å². The fraction of sp³-hybridized carbons (Fsp3) is 0.535. The average molecular weight is 721 g/mol. The van der Waals surface area contributed by atoms with E-state index in [4.69, 9.17) is 9.47 Å². The van der Waals surface area contributed by atoms with E-state index < -0.39 is 28.5 Å². The number of aliphatic hydroxyl groups is 2. The quantitative estimate of drug-likeness (QED) is 0.265. The summed E-state index contributed by atoms with van der Waals surface area (Å²) in [7, 11) is 7.06. The van der Waals surface area contributed by atoms with Gasteiger partial charge in [-0.1, -0.05) is 53.6 Å². The Morgan fingerprint density at radius 1 is 1.02 bits per heavy atom. The molecule has 3 aromatic rings. The lowest BCUT2D eigenvalue weighted by atomic mass is 9.53. The van der Waals surface area contributed by atoms with Crippen LogP contribution in [0.5, 0.6) is 0 Å². The third-order valence-corrected chi connectivity index (χ3v) is 15.1. The Hall–Kier alpha value is -3.96. The van der Waals surface area contributed by atoms with Crippen molar-refractivity contribution in [2.24, 2.45) is 23.2 Å². The number of hydrogen-bond acceptors (Lipinski definition) is 9. The molecule has 280 valence electrons. The number of benzene rings is 2. The molecule has 2 aliphatic carbocycles. The molecule has 10 heteroatoms. The van der Waals surface area contributed by atoms with Gasteiger partial charge in [0.1, 0.15) is 11.1 Å². The zero-order valence-corrected chi connectivity index (χ0v) is 31.7. The zero-order chi connectivity index (χ0) is 37.2. The monoisotopic (exact) mass is 720 g/mol. The van der Waals surface area contributed by atoms with Gasteiger partial charge in [0, 0.05) is 66.8 Å². The Kier molecular flexibility index (Phi) is 7.89. The number of ether oxygens (including phenoxy) is 2. The topological polar surface area (TPSA) is 119 Å². The molecular formula is C43H52N4O6. The van der Waals surface area contributed by atoms with E-state index in [0.29, 0.717) is 32.4 Å². The molecule has 6 heterocycles. The number of esters is 2. The molecule has 10 rings (SSSR count). The normalized spacial score (nSPS) is 38.6. The summed E-state index contributed by atoms with van der Waals surface area (Å²) < 4.78 is 11.3. The van der Waals surface area contributed by atoms with Crippen molar-refractivity contribution in [2.75, 3.05) is 59.5 Å². The number of methoxy groups -OCH3 is 2. The summed E-state index contributed by atoms with van der Waals surface area (Å²) in [6, 6.07) is 14.8. The maximum Gasteiger partial charge on any atom is 0.316 e. The fourth-order valence-electron chi connectivity index (χ4n) is 13.1. The van der Waals surface area contributed by atoms with Crippen molar-refractivity contribution in [1.29, 1.82) is 0 Å². The van der Waals surface area contributed by atoms with E-state index in [2.05, 4.69) is 75.3 Å². The number of likely N-dealkylation sites (N-methyl/N-ethyl adjacent to an activating group) is 2. The SMILES string of the molecule is C/C=C1/CN2CC[C@@]34c5cc([C@H]6C[C@H]7/C(=C\C)CN(C)[C@@H](Cc8c6[nH]c6ccccc86)[C@@]7(CO)C(=O)OC)ccc5N(C)[C@@]23[C@H](O)C[C@@H]1[C@H]4C(=O)OC. The fourth-order valence-corrected chi connectivity index (χ4v) is 13.1. The molecule has 10 atom stereocenters. The smallest absolute Gasteiger partial charge is 0.316 e. The minimum absolute atomic E-state index is 0.135. The van der Waals surface area contributed by atoms with Crippen molar-refractivity contribution in [2.45, 2.75) is 68.7 Å². The molecule has 10 nitrogen and oxygen atoms in total. The molecule has 1 spiro atoms. The van der Waals surface area contributed by atoms with E-state index in [1.54, 1.807) is 0 Å². The number of para-hydroxylation sites is 1. The maximum absolute atomic E-state index is 14.2. The zero-order valence-electron chi connectivity index (χ0n) is 31.7. The molecule has 0 amide bonds. The van der Waals surface area contributed by atoms with E-state index >= 15 is 0 Å². The number of carbonyl (C=O) groups excluding carboxylic acids is 2. The van der Waals surface area contributed by atoms with Crippen molar-refractivity contribution < 1.29 is 29.3 Å². The standard InChI is InChI=1S/C43H52N4O6/c1-7-24-22-47-16-15-42-32-17-26(13-14-34(32)46(4)43(42,47)36(49)20-28(24)37(42)39(50)52-5)29-18-31-25(8-2)21-45(3)35(41(31,23-48)40(51)53-6)19-30-27-11-9-10-12-33(27)44-38(29)30/h7-14,17,28-29,31,35-37,44,48-49H,15-16,18-23H2,1-6H3/b24-7-,25-8-/t28-,29+,31-,35-,36+,37-,41-,42-,43-/m0/s1. The predicted molar refractivity (Wildman–Crippen MR) is 202 cm³/mol. The Bertz CT molecular complexity index is 2090. The minimum Gasteiger partial charge on any atom is -0.469 e. The average Bonchev–Trinajstić information content (AvgIpc) is 3.72. The molecular weight excluding hydrogens is 668 g/mol. The Labute approximate surface area is 311 Å². The molecule has 1 unspecified atom stereocenters. The molecule has 1 saturated carbocycles. The number of carbonyl (C=O) groups is 2. The van der Waals surface area contributed by atoms with Crippen LogP contribution >= 0.6 is 0 Å². The number of piperidine rings is 1. The predicted octanol–water partition coefficient (Wildman–Crippen LogP) is 4.49. The first kappa shape index (κ1) is 34.8. The number of likely N-dealkylation sites (tertiary alicyclic amines) is 1. The van der Waals surface area contributed by atoms with Crippen LogP contribution in [0, 0.1) is 23.2 Å². The van der Waals surface area contributed by atoms with Crippen molar-refractivity contribution in [1.82, 2.24) is 14.8 Å². The molecule has 3 N–H and O–H groups in total. The highest BCUT2D eigenvalue weighted by atomic mass is 16.5. The number of rotatable bonds is 4. The van der Waals surface area contributed by atoms with Crippen LogP contribution in [0.25, 0.3) is 10.9 Å². The van der Waals surface area contributed by atoms with Gasteiger partial charge < -0.3 is 29.6 Å². The minimum atomic E-state index is -1.17. The van der Waals surface area contributed by atoms with Crippen LogP contribution < -0.4 is 4.90 Å². The van der Waals surface area contributed by atoms with Crippen LogP contribution in [0.15, 0.2) is 65.8 Å². The first-order valence-electron chi connectivity index (χ1n) is 19.3. The highest BCUT2D eigenvalue weighted by Crippen LogP contribution is 2.70. The van der Waals surface area contributed by atoms with Gasteiger partial charge in [-0.15, -0.1) is 0 Å². The molecule has 53 heavy (non-hydrogen) atoms. The van der Waals surface area contributed by atoms with E-state index in [-0.39, 0.29) is 42.3 Å². The van der Waals surface area contributed by atoms with Crippen molar-refractivity contribution in [3.8, 4) is 0 Å². The summed E-state index contributed by atoms with van der Waals surface area (Å²) in [6.07, 6.45) is 5.97. The second-order valence-corrected chi connectivity index (χ2v) is 16.5. The van der Waals surface area contributed by atoms with Crippen LogP contribution in [0.4, 0.5) is 5.69 Å². The number of anilines is 1. The Morgan fingerprint density at radius 2 is 1.79 bits per heavy atom. The number of aromatic nitrogens is 1. The molecule has 4 saturated heterocycles. The largest absolute Gasteiger partial charge is 0.469 e. The first-order chi connectivity index (χ1) is 25.6. The van der Waals surface area contributed by atoms with Crippen LogP contribution in [0.3, 0.4) is 0 Å². The second-order valence-electron chi connectivity index (χ2n) is 16.5. The summed E-state index contributed by atoms with van der Waals surface area (Å²) in [4.78, 5) is 39.2. The third-order valence-electron chi connectivity index (χ3n) is 15.1. The number of fused-ring (bicyclic) bond motifs is 8. The summed E-state index contributed by atoms with van der Waals surface area (Å²) >= 11 is 0. The molecule has 2 aromatic carbocycles. The Morgan fingerprint density at radius 3 is 2.51 bits per heavy atom. The summed E-state index contributed by atoms with van der Waals surface area (Å²) in [5.74, 6) is -1.65. The van der Waals surface area contributed by atoms with Gasteiger partial charge in [-0.2, -0.15) is 0 Å². The lowest BCUT2D eigenvalue weighted by Crippen LogP contribution is -2.73. The van der Waals surface area contributed by atoms with Crippen LogP contribution in [-0.2, 0) is 30.9 Å². The summed E-state index contributed by atoms with van der Waals surface area (Å²) in [5, 5.41) is 24.9. The van der Waals surface area contributed by atoms with Gasteiger partial charge in [-0.05, 0) is 81.3 Å². The number of aromatic amines is 1. The first-order valence-corrected chi connectivity index (χ1v) is 19.3. The number of hydrogen-bond donors (Lipinski definition) is 3. The highest BCUT2D eigenvalue weighted by molar-refractivity contribution is 5.87. The van der Waals surface area contributed by atoms with Gasteiger partial charge in [0.05, 0.1) is 38.3 Å². The maximum atomic E-state index is 14.2. The molecule has 7 aliphatic rings.